The number of aliphatic hydroxyl groups is 1. The lowest BCUT2D eigenvalue weighted by atomic mass is 9.98. The standard InChI is InChI=1S/C11H16BrClOS/c1-3-4-7(2)5-9(14)10-6-8(12)11(13)15-10/h6-7,9,14H,3-5H2,1-2H3. The minimum absolute atomic E-state index is 0.375. The van der Waals surface area contributed by atoms with Gasteiger partial charge in [0.25, 0.3) is 0 Å². The van der Waals surface area contributed by atoms with Crippen LogP contribution < -0.4 is 0 Å². The molecule has 0 saturated heterocycles. The molecule has 0 spiro atoms. The lowest BCUT2D eigenvalue weighted by molar-refractivity contribution is 0.148. The summed E-state index contributed by atoms with van der Waals surface area (Å²) < 4.78 is 1.60. The SMILES string of the molecule is CCCC(C)CC(O)c1cc(Br)c(Cl)s1. The molecule has 0 radical (unpaired) electrons. The van der Waals surface area contributed by atoms with E-state index in [1.165, 1.54) is 17.8 Å². The molecule has 86 valence electrons. The van der Waals surface area contributed by atoms with Crippen molar-refractivity contribution in [3.8, 4) is 0 Å². The molecule has 0 aliphatic rings. The first-order chi connectivity index (χ1) is 7.04. The minimum Gasteiger partial charge on any atom is -0.388 e. The lowest BCUT2D eigenvalue weighted by Crippen LogP contribution is -2.02. The Labute approximate surface area is 109 Å². The molecule has 0 aliphatic carbocycles. The zero-order valence-corrected chi connectivity index (χ0v) is 12.1. The predicted octanol–water partition coefficient (Wildman–Crippen LogP) is 5.02. The average molecular weight is 312 g/mol. The number of rotatable bonds is 5. The Balaban J connectivity index is 2.56. The molecule has 0 saturated carbocycles. The Kier molecular flexibility index (Phi) is 5.61. The van der Waals surface area contributed by atoms with E-state index in [0.717, 1.165) is 22.2 Å². The third-order valence-electron chi connectivity index (χ3n) is 2.40. The molecular formula is C11H16BrClOS. The highest BCUT2D eigenvalue weighted by Gasteiger charge is 2.15. The molecule has 2 unspecified atom stereocenters. The first-order valence-electron chi connectivity index (χ1n) is 5.17. The van der Waals surface area contributed by atoms with Crippen molar-refractivity contribution in [2.24, 2.45) is 5.92 Å². The van der Waals surface area contributed by atoms with Crippen LogP contribution in [-0.4, -0.2) is 5.11 Å². The largest absolute Gasteiger partial charge is 0.388 e. The van der Waals surface area contributed by atoms with Gasteiger partial charge in [-0.3, -0.25) is 0 Å². The third-order valence-corrected chi connectivity index (χ3v) is 4.98. The number of halogens is 2. The maximum absolute atomic E-state index is 9.99. The molecule has 0 fully saturated rings. The summed E-state index contributed by atoms with van der Waals surface area (Å²) in [6, 6.07) is 1.91. The van der Waals surface area contributed by atoms with E-state index in [1.54, 1.807) is 0 Å². The summed E-state index contributed by atoms with van der Waals surface area (Å²) in [5.74, 6) is 0.560. The molecule has 1 rings (SSSR count). The number of thiophene rings is 1. The van der Waals surface area contributed by atoms with E-state index in [1.807, 2.05) is 6.07 Å². The first-order valence-corrected chi connectivity index (χ1v) is 7.16. The maximum atomic E-state index is 9.99. The Bertz CT molecular complexity index is 294. The molecule has 1 aromatic heterocycles. The fraction of sp³-hybridized carbons (Fsp3) is 0.636. The van der Waals surface area contributed by atoms with Crippen LogP contribution in [0.25, 0.3) is 0 Å². The second kappa shape index (κ2) is 6.24. The van der Waals surface area contributed by atoms with Gasteiger partial charge in [-0.05, 0) is 34.3 Å². The molecule has 1 heterocycles. The van der Waals surface area contributed by atoms with Gasteiger partial charge in [-0.2, -0.15) is 0 Å². The smallest absolute Gasteiger partial charge is 0.107 e. The van der Waals surface area contributed by atoms with E-state index in [0.29, 0.717) is 10.3 Å². The molecule has 1 nitrogen and oxygen atoms in total. The Hall–Kier alpha value is 0.430. The fourth-order valence-corrected chi connectivity index (χ4v) is 3.37. The second-order valence-corrected chi connectivity index (χ2v) is 6.46. The summed E-state index contributed by atoms with van der Waals surface area (Å²) in [5, 5.41) is 9.99. The van der Waals surface area contributed by atoms with Crippen molar-refractivity contribution in [3.63, 3.8) is 0 Å². The van der Waals surface area contributed by atoms with E-state index < -0.39 is 0 Å². The van der Waals surface area contributed by atoms with Crippen LogP contribution in [0.2, 0.25) is 4.34 Å². The molecular weight excluding hydrogens is 296 g/mol. The molecule has 1 aromatic rings. The molecule has 0 amide bonds. The quantitative estimate of drug-likeness (QED) is 0.809. The molecule has 1 N–H and O–H groups in total. The molecule has 0 aliphatic heterocycles. The summed E-state index contributed by atoms with van der Waals surface area (Å²) in [5.41, 5.74) is 0. The molecule has 2 atom stereocenters. The Morgan fingerprint density at radius 1 is 1.60 bits per heavy atom. The lowest BCUT2D eigenvalue weighted by Gasteiger charge is -2.14. The van der Waals surface area contributed by atoms with Crippen LogP contribution in [0, 0.1) is 5.92 Å². The van der Waals surface area contributed by atoms with Gasteiger partial charge in [0, 0.05) is 9.35 Å². The third kappa shape index (κ3) is 4.06. The summed E-state index contributed by atoms with van der Waals surface area (Å²) in [4.78, 5) is 0.954. The van der Waals surface area contributed by atoms with Gasteiger partial charge in [-0.25, -0.2) is 0 Å². The number of hydrogen-bond donors (Lipinski definition) is 1. The highest BCUT2D eigenvalue weighted by atomic mass is 79.9. The van der Waals surface area contributed by atoms with E-state index >= 15 is 0 Å². The monoisotopic (exact) mass is 310 g/mol. The predicted molar refractivity (Wildman–Crippen MR) is 70.7 cm³/mol. The fourth-order valence-electron chi connectivity index (χ4n) is 1.64. The topological polar surface area (TPSA) is 20.2 Å². The van der Waals surface area contributed by atoms with Crippen molar-refractivity contribution < 1.29 is 5.11 Å². The van der Waals surface area contributed by atoms with E-state index in [2.05, 4.69) is 29.8 Å². The normalized spacial score (nSPS) is 15.3. The van der Waals surface area contributed by atoms with E-state index in [4.69, 9.17) is 11.6 Å². The van der Waals surface area contributed by atoms with Gasteiger partial charge >= 0.3 is 0 Å². The summed E-state index contributed by atoms with van der Waals surface area (Å²) in [7, 11) is 0. The number of hydrogen-bond acceptors (Lipinski definition) is 2. The minimum atomic E-state index is -0.375. The van der Waals surface area contributed by atoms with Crippen molar-refractivity contribution in [1.29, 1.82) is 0 Å². The van der Waals surface area contributed by atoms with Crippen LogP contribution in [0.5, 0.6) is 0 Å². The van der Waals surface area contributed by atoms with Gasteiger partial charge < -0.3 is 5.11 Å². The summed E-state index contributed by atoms with van der Waals surface area (Å²) in [6.07, 6.45) is 2.78. The van der Waals surface area contributed by atoms with Crippen LogP contribution in [0.1, 0.15) is 44.1 Å². The van der Waals surface area contributed by atoms with Crippen LogP contribution in [0.15, 0.2) is 10.5 Å². The molecule has 0 aromatic carbocycles. The maximum Gasteiger partial charge on any atom is 0.107 e. The van der Waals surface area contributed by atoms with E-state index in [-0.39, 0.29) is 6.10 Å². The highest BCUT2D eigenvalue weighted by Crippen LogP contribution is 2.37. The van der Waals surface area contributed by atoms with Crippen molar-refractivity contribution in [2.45, 2.75) is 39.2 Å². The van der Waals surface area contributed by atoms with Gasteiger partial charge in [0.05, 0.1) is 6.10 Å². The van der Waals surface area contributed by atoms with Gasteiger partial charge in [0.2, 0.25) is 0 Å². The van der Waals surface area contributed by atoms with Gasteiger partial charge in [-0.15, -0.1) is 11.3 Å². The van der Waals surface area contributed by atoms with Crippen LogP contribution in [0.3, 0.4) is 0 Å². The molecule has 4 heteroatoms. The number of aliphatic hydroxyl groups excluding tert-OH is 1. The van der Waals surface area contributed by atoms with Crippen molar-refractivity contribution in [3.05, 3.63) is 19.8 Å². The Morgan fingerprint density at radius 2 is 2.27 bits per heavy atom. The van der Waals surface area contributed by atoms with Gasteiger partial charge in [-0.1, -0.05) is 38.3 Å². The van der Waals surface area contributed by atoms with Crippen molar-refractivity contribution >= 4 is 38.9 Å². The summed E-state index contributed by atoms with van der Waals surface area (Å²) in [6.45, 7) is 4.35. The first kappa shape index (κ1) is 13.5. The molecule has 0 bridgehead atoms. The zero-order valence-electron chi connectivity index (χ0n) is 8.96. The van der Waals surface area contributed by atoms with Crippen molar-refractivity contribution in [1.82, 2.24) is 0 Å². The van der Waals surface area contributed by atoms with Crippen molar-refractivity contribution in [2.75, 3.05) is 0 Å². The average Bonchev–Trinajstić information content (AvgIpc) is 2.47. The van der Waals surface area contributed by atoms with Gasteiger partial charge in [0.1, 0.15) is 4.34 Å². The van der Waals surface area contributed by atoms with Gasteiger partial charge in [0.15, 0.2) is 0 Å². The van der Waals surface area contributed by atoms with Crippen LogP contribution >= 0.6 is 38.9 Å². The molecule has 15 heavy (non-hydrogen) atoms. The van der Waals surface area contributed by atoms with E-state index in [9.17, 15) is 5.11 Å². The Morgan fingerprint density at radius 3 is 2.73 bits per heavy atom. The van der Waals surface area contributed by atoms with Crippen LogP contribution in [0.4, 0.5) is 0 Å². The van der Waals surface area contributed by atoms with Crippen LogP contribution in [-0.2, 0) is 0 Å². The summed E-state index contributed by atoms with van der Waals surface area (Å²) >= 11 is 10.7. The highest BCUT2D eigenvalue weighted by molar-refractivity contribution is 9.10. The second-order valence-electron chi connectivity index (χ2n) is 3.92. The zero-order chi connectivity index (χ0) is 11.4.